The van der Waals surface area contributed by atoms with Crippen molar-refractivity contribution in [1.82, 2.24) is 0 Å². The topological polar surface area (TPSA) is 237 Å². The number of hydrogen-bond donors (Lipinski definition) is 3. The molecule has 3 N–H and O–H groups in total. The van der Waals surface area contributed by atoms with Crippen LogP contribution in [0.5, 0.6) is 0 Å². The standard InChI is InChI=1S/C93H156O17P2/c1-5-9-13-17-21-25-29-33-37-40-43-46-50-53-57-61-65-69-73-77-90(95)103-83-88(109-92(97)79-75-71-67-63-59-55-49-36-32-28-24-20-16-12-8-4)85-107-111(99,100)105-81-87(94)82-106-112(101,102)108-86-89(110-93(98)80-76-72-68-64-60-56-52-48-45-42-39-35-31-27-23-19-15-11-7-3)84-104-91(96)78-74-70-66-62-58-54-51-47-44-41-38-34-30-26-22-18-14-10-6-2/h10,14,21-23,25-27,33-39,43-49,54,58,66,70,87-89,94H,5-9,11-13,15-20,24,28-32,40-42,50-53,55-57,59-65,67-69,71-86H2,1-4H3,(H,99,100)(H,101,102)/b14-10-,25-21-,26-22-,27-23-,37-33-,38-34-,39-35-,46-43-,47-44-,48-45-,49-36-,58-54-,70-66-. The summed E-state index contributed by atoms with van der Waals surface area (Å²) in [6, 6.07) is 0. The van der Waals surface area contributed by atoms with Gasteiger partial charge in [-0.05, 0) is 167 Å². The first-order chi connectivity index (χ1) is 54.7. The zero-order valence-electron chi connectivity index (χ0n) is 70.3. The van der Waals surface area contributed by atoms with Crippen LogP contribution in [0.1, 0.15) is 349 Å². The van der Waals surface area contributed by atoms with Crippen LogP contribution in [0.2, 0.25) is 0 Å². The maximum atomic E-state index is 13.2. The van der Waals surface area contributed by atoms with Gasteiger partial charge in [-0.1, -0.05) is 314 Å². The molecule has 0 aromatic heterocycles. The Morgan fingerprint density at radius 3 is 0.795 bits per heavy atom. The summed E-state index contributed by atoms with van der Waals surface area (Å²) in [7, 11) is -10.0. The summed E-state index contributed by atoms with van der Waals surface area (Å²) in [5, 5.41) is 10.7. The van der Waals surface area contributed by atoms with Crippen molar-refractivity contribution in [3.8, 4) is 0 Å². The van der Waals surface area contributed by atoms with E-state index in [4.69, 9.17) is 37.0 Å². The summed E-state index contributed by atoms with van der Waals surface area (Å²) in [6.45, 7) is 4.61. The monoisotopic (exact) mass is 1610 g/mol. The van der Waals surface area contributed by atoms with E-state index in [1.807, 2.05) is 18.2 Å². The molecule has 0 aliphatic rings. The molecule has 0 fully saturated rings. The van der Waals surface area contributed by atoms with Crippen LogP contribution in [0.15, 0.2) is 158 Å². The fraction of sp³-hybridized carbons (Fsp3) is 0.677. The predicted octanol–water partition coefficient (Wildman–Crippen LogP) is 26.3. The van der Waals surface area contributed by atoms with Crippen LogP contribution < -0.4 is 0 Å². The van der Waals surface area contributed by atoms with E-state index in [-0.39, 0.29) is 25.7 Å². The van der Waals surface area contributed by atoms with Crippen molar-refractivity contribution in [2.75, 3.05) is 39.6 Å². The van der Waals surface area contributed by atoms with Crippen LogP contribution in [-0.2, 0) is 65.4 Å². The molecule has 0 heterocycles. The fourth-order valence-electron chi connectivity index (χ4n) is 11.3. The Morgan fingerprint density at radius 2 is 0.482 bits per heavy atom. The number of phosphoric acid groups is 2. The highest BCUT2D eigenvalue weighted by molar-refractivity contribution is 7.47. The lowest BCUT2D eigenvalue weighted by molar-refractivity contribution is -0.161. The zero-order chi connectivity index (χ0) is 81.7. The number of unbranched alkanes of at least 4 members (excludes halogenated alkanes) is 29. The summed E-state index contributed by atoms with van der Waals surface area (Å²) >= 11 is 0. The van der Waals surface area contributed by atoms with E-state index in [0.717, 1.165) is 186 Å². The quantitative estimate of drug-likeness (QED) is 0.0169. The molecule has 0 saturated heterocycles. The van der Waals surface area contributed by atoms with Crippen molar-refractivity contribution in [2.24, 2.45) is 0 Å². The third kappa shape index (κ3) is 82.7. The third-order valence-corrected chi connectivity index (χ3v) is 19.9. The Labute approximate surface area is 680 Å². The van der Waals surface area contributed by atoms with Crippen LogP contribution in [0, 0.1) is 0 Å². The van der Waals surface area contributed by atoms with Crippen molar-refractivity contribution in [3.05, 3.63) is 158 Å². The molecule has 0 aliphatic heterocycles. The van der Waals surface area contributed by atoms with E-state index in [1.165, 1.54) is 77.0 Å². The molecule has 0 amide bonds. The van der Waals surface area contributed by atoms with Crippen molar-refractivity contribution in [3.63, 3.8) is 0 Å². The molecule has 0 spiro atoms. The molecule has 640 valence electrons. The summed E-state index contributed by atoms with van der Waals surface area (Å²) in [6.07, 6.45) is 99.2. The highest BCUT2D eigenvalue weighted by Crippen LogP contribution is 2.45. The Balaban J connectivity index is 5.48. The molecule has 5 atom stereocenters. The van der Waals surface area contributed by atoms with Crippen LogP contribution in [-0.4, -0.2) is 96.7 Å². The van der Waals surface area contributed by atoms with Gasteiger partial charge in [0.2, 0.25) is 0 Å². The largest absolute Gasteiger partial charge is 0.472 e. The van der Waals surface area contributed by atoms with Crippen molar-refractivity contribution >= 4 is 39.5 Å². The minimum Gasteiger partial charge on any atom is -0.462 e. The maximum absolute atomic E-state index is 13.2. The average molecular weight is 1610 g/mol. The second-order valence-corrected chi connectivity index (χ2v) is 31.6. The number of ether oxygens (including phenoxy) is 4. The first-order valence-electron chi connectivity index (χ1n) is 43.7. The fourth-order valence-corrected chi connectivity index (χ4v) is 12.9. The summed E-state index contributed by atoms with van der Waals surface area (Å²) in [4.78, 5) is 73.3. The average Bonchev–Trinajstić information content (AvgIpc) is 0.898. The van der Waals surface area contributed by atoms with Crippen LogP contribution >= 0.6 is 15.6 Å². The molecule has 5 unspecified atom stereocenters. The second kappa shape index (κ2) is 83.6. The van der Waals surface area contributed by atoms with E-state index in [2.05, 4.69) is 167 Å². The first kappa shape index (κ1) is 107. The second-order valence-electron chi connectivity index (χ2n) is 28.7. The predicted molar refractivity (Wildman–Crippen MR) is 464 cm³/mol. The molecule has 112 heavy (non-hydrogen) atoms. The van der Waals surface area contributed by atoms with Crippen LogP contribution in [0.3, 0.4) is 0 Å². The molecule has 19 heteroatoms. The summed E-state index contributed by atoms with van der Waals surface area (Å²) in [5.41, 5.74) is 0. The zero-order valence-corrected chi connectivity index (χ0v) is 72.1. The lowest BCUT2D eigenvalue weighted by Gasteiger charge is -2.21. The molecule has 0 aromatic rings. The van der Waals surface area contributed by atoms with Gasteiger partial charge >= 0.3 is 39.5 Å². The van der Waals surface area contributed by atoms with Gasteiger partial charge in [-0.25, -0.2) is 9.13 Å². The van der Waals surface area contributed by atoms with Gasteiger partial charge in [-0.3, -0.25) is 37.3 Å². The SMILES string of the molecule is CC/C=C\C/C=C\C/C=C\C/C=C\C/C=C\C/C=C\CCC(=O)OCC(COP(=O)(O)OCC(O)COP(=O)(O)OCC(COC(=O)CCCCCCCC/C=C\C/C=C\C/C=C\CCCCC)OC(=O)CCCCCCC/C=C\CCCCCCCC)OC(=O)CCCCCCCC/C=C\C/C=C\C/C=C\CCCCC. The van der Waals surface area contributed by atoms with Gasteiger partial charge in [0, 0.05) is 25.7 Å². The Morgan fingerprint density at radius 1 is 0.259 bits per heavy atom. The number of carbonyl (C=O) groups is 4. The molecule has 0 rings (SSSR count). The van der Waals surface area contributed by atoms with E-state index in [1.54, 1.807) is 0 Å². The summed E-state index contributed by atoms with van der Waals surface area (Å²) in [5.74, 6) is -2.31. The Hall–Kier alpha value is -5.32. The highest BCUT2D eigenvalue weighted by Gasteiger charge is 2.30. The van der Waals surface area contributed by atoms with Crippen molar-refractivity contribution in [2.45, 2.75) is 367 Å². The van der Waals surface area contributed by atoms with Gasteiger partial charge in [0.05, 0.1) is 26.4 Å². The first-order valence-corrected chi connectivity index (χ1v) is 46.7. The number of phosphoric ester groups is 2. The minimum absolute atomic E-state index is 0.0284. The Bertz CT molecular complexity index is 2740. The van der Waals surface area contributed by atoms with Crippen molar-refractivity contribution < 1.29 is 80.2 Å². The van der Waals surface area contributed by atoms with Crippen molar-refractivity contribution in [1.29, 1.82) is 0 Å². The molecule has 0 bridgehead atoms. The molecular weight excluding hydrogens is 1450 g/mol. The third-order valence-electron chi connectivity index (χ3n) is 18.0. The molecule has 0 aliphatic carbocycles. The molecule has 0 radical (unpaired) electrons. The smallest absolute Gasteiger partial charge is 0.462 e. The molecule has 0 aromatic carbocycles. The normalized spacial score (nSPS) is 14.5. The molecule has 0 saturated carbocycles. The Kier molecular flexibility index (Phi) is 79.6. The lowest BCUT2D eigenvalue weighted by atomic mass is 10.1. The van der Waals surface area contributed by atoms with E-state index >= 15 is 0 Å². The number of allylic oxidation sites excluding steroid dienone is 26. The van der Waals surface area contributed by atoms with Gasteiger partial charge in [0.15, 0.2) is 12.2 Å². The maximum Gasteiger partial charge on any atom is 0.472 e. The molecule has 17 nitrogen and oxygen atoms in total. The van der Waals surface area contributed by atoms with E-state index < -0.39 is 97.5 Å². The minimum atomic E-state index is -5.01. The van der Waals surface area contributed by atoms with E-state index in [9.17, 15) is 43.2 Å². The molecular formula is C93H156O17P2. The van der Waals surface area contributed by atoms with Gasteiger partial charge in [0.1, 0.15) is 19.3 Å². The highest BCUT2D eigenvalue weighted by atomic mass is 31.2. The van der Waals surface area contributed by atoms with Gasteiger partial charge in [-0.15, -0.1) is 0 Å². The van der Waals surface area contributed by atoms with Gasteiger partial charge < -0.3 is 33.8 Å². The summed E-state index contributed by atoms with van der Waals surface area (Å²) < 4.78 is 68.8. The number of aliphatic hydroxyl groups is 1. The van der Waals surface area contributed by atoms with Crippen LogP contribution in [0.25, 0.3) is 0 Å². The van der Waals surface area contributed by atoms with Crippen LogP contribution in [0.4, 0.5) is 0 Å². The van der Waals surface area contributed by atoms with Gasteiger partial charge in [0.25, 0.3) is 0 Å². The number of carbonyl (C=O) groups excluding carboxylic acids is 4. The number of aliphatic hydroxyl groups excluding tert-OH is 1. The number of hydrogen-bond acceptors (Lipinski definition) is 15. The lowest BCUT2D eigenvalue weighted by Crippen LogP contribution is -2.30. The number of rotatable bonds is 81. The number of esters is 4. The van der Waals surface area contributed by atoms with E-state index in [0.29, 0.717) is 32.1 Å². The van der Waals surface area contributed by atoms with Gasteiger partial charge in [-0.2, -0.15) is 0 Å².